The smallest absolute Gasteiger partial charge is 0.318 e. The Bertz CT molecular complexity index is 229. The van der Waals surface area contributed by atoms with Crippen molar-refractivity contribution in [2.45, 2.75) is 32.4 Å². The fraction of sp³-hybridized carbons (Fsp3) is 0.750. The Labute approximate surface area is 77.1 Å². The van der Waals surface area contributed by atoms with Crippen LogP contribution in [0.4, 0.5) is 4.79 Å². The molecule has 5 heteroatoms. The maximum Gasteiger partial charge on any atom is 0.318 e. The average Bonchev–Trinajstić information content (AvgIpc) is 2.64. The molecule has 0 spiro atoms. The number of carbonyl (C=O) groups excluding carboxylic acids is 2. The van der Waals surface area contributed by atoms with Gasteiger partial charge in [-0.15, -0.1) is 0 Å². The molecule has 3 amide bonds. The number of amides is 3. The van der Waals surface area contributed by atoms with Gasteiger partial charge in [-0.05, 0) is 19.3 Å². The SMILES string of the molecule is CC(N[C@@H]1C[C@H]1C)C(=O)NC(N)=O. The van der Waals surface area contributed by atoms with Crippen LogP contribution in [0.1, 0.15) is 20.3 Å². The van der Waals surface area contributed by atoms with Gasteiger partial charge >= 0.3 is 6.03 Å². The first kappa shape index (κ1) is 9.98. The van der Waals surface area contributed by atoms with Crippen LogP contribution in [-0.4, -0.2) is 24.0 Å². The van der Waals surface area contributed by atoms with Crippen LogP contribution >= 0.6 is 0 Å². The molecule has 5 nitrogen and oxygen atoms in total. The van der Waals surface area contributed by atoms with Crippen LogP contribution in [0, 0.1) is 5.92 Å². The largest absolute Gasteiger partial charge is 0.351 e. The molecule has 1 rings (SSSR count). The zero-order valence-corrected chi connectivity index (χ0v) is 7.83. The van der Waals surface area contributed by atoms with Gasteiger partial charge in [-0.25, -0.2) is 4.79 Å². The summed E-state index contributed by atoms with van der Waals surface area (Å²) in [5, 5.41) is 5.12. The second-order valence-corrected chi connectivity index (χ2v) is 3.56. The molecular formula is C8H15N3O2. The Kier molecular flexibility index (Phi) is 2.87. The average molecular weight is 185 g/mol. The number of carbonyl (C=O) groups is 2. The molecule has 1 aliphatic carbocycles. The molecule has 3 atom stereocenters. The Morgan fingerprint density at radius 3 is 2.46 bits per heavy atom. The van der Waals surface area contributed by atoms with Crippen molar-refractivity contribution in [1.29, 1.82) is 0 Å². The summed E-state index contributed by atoms with van der Waals surface area (Å²) in [7, 11) is 0. The molecular weight excluding hydrogens is 170 g/mol. The summed E-state index contributed by atoms with van der Waals surface area (Å²) in [5.74, 6) is 0.260. The third kappa shape index (κ3) is 3.02. The highest BCUT2D eigenvalue weighted by atomic mass is 16.2. The summed E-state index contributed by atoms with van der Waals surface area (Å²) in [4.78, 5) is 21.5. The topological polar surface area (TPSA) is 84.2 Å². The molecule has 0 heterocycles. The first-order chi connectivity index (χ1) is 6.00. The van der Waals surface area contributed by atoms with Crippen LogP contribution in [0.5, 0.6) is 0 Å². The Morgan fingerprint density at radius 1 is 1.54 bits per heavy atom. The number of urea groups is 1. The molecule has 0 aliphatic heterocycles. The molecule has 0 bridgehead atoms. The van der Waals surface area contributed by atoms with Crippen molar-refractivity contribution >= 4 is 11.9 Å². The highest BCUT2D eigenvalue weighted by Crippen LogP contribution is 2.29. The molecule has 13 heavy (non-hydrogen) atoms. The molecule has 0 saturated heterocycles. The molecule has 1 fully saturated rings. The number of nitrogens with two attached hydrogens (primary N) is 1. The van der Waals surface area contributed by atoms with E-state index >= 15 is 0 Å². The maximum absolute atomic E-state index is 11.1. The second-order valence-electron chi connectivity index (χ2n) is 3.56. The van der Waals surface area contributed by atoms with E-state index in [1.165, 1.54) is 0 Å². The van der Waals surface area contributed by atoms with Crippen molar-refractivity contribution in [1.82, 2.24) is 10.6 Å². The van der Waals surface area contributed by atoms with Crippen molar-refractivity contribution in [3.05, 3.63) is 0 Å². The lowest BCUT2D eigenvalue weighted by Crippen LogP contribution is -2.47. The quantitative estimate of drug-likeness (QED) is 0.557. The Morgan fingerprint density at radius 2 is 2.08 bits per heavy atom. The molecule has 74 valence electrons. The van der Waals surface area contributed by atoms with E-state index < -0.39 is 6.03 Å². The summed E-state index contributed by atoms with van der Waals surface area (Å²) < 4.78 is 0. The van der Waals surface area contributed by atoms with Gasteiger partial charge in [0.15, 0.2) is 0 Å². The lowest BCUT2D eigenvalue weighted by molar-refractivity contribution is -0.121. The zero-order chi connectivity index (χ0) is 10.0. The van der Waals surface area contributed by atoms with E-state index in [0.29, 0.717) is 12.0 Å². The van der Waals surface area contributed by atoms with Gasteiger partial charge in [0.1, 0.15) is 0 Å². The number of rotatable bonds is 3. The monoisotopic (exact) mass is 185 g/mol. The first-order valence-electron chi connectivity index (χ1n) is 4.37. The predicted molar refractivity (Wildman–Crippen MR) is 47.9 cm³/mol. The molecule has 0 aromatic rings. The van der Waals surface area contributed by atoms with E-state index in [1.54, 1.807) is 6.92 Å². The third-order valence-corrected chi connectivity index (χ3v) is 2.21. The molecule has 0 radical (unpaired) electrons. The van der Waals surface area contributed by atoms with E-state index in [0.717, 1.165) is 6.42 Å². The molecule has 0 aromatic carbocycles. The van der Waals surface area contributed by atoms with Crippen LogP contribution in [0.2, 0.25) is 0 Å². The second kappa shape index (κ2) is 3.74. The summed E-state index contributed by atoms with van der Waals surface area (Å²) in [6.45, 7) is 3.82. The number of nitrogens with one attached hydrogen (secondary N) is 2. The molecule has 0 aromatic heterocycles. The highest BCUT2D eigenvalue weighted by molar-refractivity contribution is 5.96. The van der Waals surface area contributed by atoms with Crippen LogP contribution in [0.25, 0.3) is 0 Å². The summed E-state index contributed by atoms with van der Waals surface area (Å²) in [6.07, 6.45) is 1.09. The van der Waals surface area contributed by atoms with Crippen molar-refractivity contribution in [2.24, 2.45) is 11.7 Å². The van der Waals surface area contributed by atoms with Crippen molar-refractivity contribution < 1.29 is 9.59 Å². The lowest BCUT2D eigenvalue weighted by atomic mass is 10.3. The van der Waals surface area contributed by atoms with E-state index in [1.807, 2.05) is 5.32 Å². The molecule has 1 saturated carbocycles. The minimum Gasteiger partial charge on any atom is -0.351 e. The standard InChI is InChI=1S/C8H15N3O2/c1-4-3-6(4)10-5(2)7(12)11-8(9)13/h4-6,10H,3H2,1-2H3,(H3,9,11,12,13)/t4-,5?,6-/m1/s1. The van der Waals surface area contributed by atoms with E-state index in [9.17, 15) is 9.59 Å². The van der Waals surface area contributed by atoms with E-state index in [4.69, 9.17) is 5.73 Å². The molecule has 4 N–H and O–H groups in total. The van der Waals surface area contributed by atoms with Crippen molar-refractivity contribution in [3.63, 3.8) is 0 Å². The van der Waals surface area contributed by atoms with Gasteiger partial charge in [0.25, 0.3) is 0 Å². The summed E-state index contributed by atoms with van der Waals surface area (Å²) >= 11 is 0. The van der Waals surface area contributed by atoms with Gasteiger partial charge in [0.2, 0.25) is 5.91 Å². The minimum absolute atomic E-state index is 0.359. The highest BCUT2D eigenvalue weighted by Gasteiger charge is 2.34. The number of hydrogen-bond acceptors (Lipinski definition) is 3. The van der Waals surface area contributed by atoms with Gasteiger partial charge in [0, 0.05) is 6.04 Å². The number of hydrogen-bond donors (Lipinski definition) is 3. The van der Waals surface area contributed by atoms with E-state index in [2.05, 4.69) is 12.2 Å². The third-order valence-electron chi connectivity index (χ3n) is 2.21. The van der Waals surface area contributed by atoms with Crippen LogP contribution < -0.4 is 16.4 Å². The van der Waals surface area contributed by atoms with Crippen LogP contribution in [0.15, 0.2) is 0 Å². The van der Waals surface area contributed by atoms with Gasteiger partial charge in [-0.1, -0.05) is 6.92 Å². The van der Waals surface area contributed by atoms with Crippen LogP contribution in [0.3, 0.4) is 0 Å². The molecule has 1 aliphatic rings. The molecule has 1 unspecified atom stereocenters. The Hall–Kier alpha value is -1.10. The van der Waals surface area contributed by atoms with Crippen LogP contribution in [-0.2, 0) is 4.79 Å². The Balaban J connectivity index is 2.26. The van der Waals surface area contributed by atoms with E-state index in [-0.39, 0.29) is 11.9 Å². The predicted octanol–water partition coefficient (Wildman–Crippen LogP) is -0.432. The number of imide groups is 1. The first-order valence-corrected chi connectivity index (χ1v) is 4.37. The maximum atomic E-state index is 11.1. The number of primary amides is 1. The van der Waals surface area contributed by atoms with Gasteiger partial charge in [-0.2, -0.15) is 0 Å². The van der Waals surface area contributed by atoms with Gasteiger partial charge < -0.3 is 11.1 Å². The van der Waals surface area contributed by atoms with Crippen molar-refractivity contribution in [3.8, 4) is 0 Å². The van der Waals surface area contributed by atoms with Gasteiger partial charge in [-0.3, -0.25) is 10.1 Å². The minimum atomic E-state index is -0.803. The lowest BCUT2D eigenvalue weighted by Gasteiger charge is -2.11. The summed E-state index contributed by atoms with van der Waals surface area (Å²) in [6, 6.07) is -0.751. The normalized spacial score (nSPS) is 27.8. The zero-order valence-electron chi connectivity index (χ0n) is 7.83. The van der Waals surface area contributed by atoms with Gasteiger partial charge in [0.05, 0.1) is 6.04 Å². The van der Waals surface area contributed by atoms with Crippen molar-refractivity contribution in [2.75, 3.05) is 0 Å². The fourth-order valence-electron chi connectivity index (χ4n) is 1.18. The summed E-state index contributed by atoms with van der Waals surface area (Å²) in [5.41, 5.74) is 4.81. The fourth-order valence-corrected chi connectivity index (χ4v) is 1.18.